The fourth-order valence-electron chi connectivity index (χ4n) is 5.62. The first-order valence-corrected chi connectivity index (χ1v) is 19.1. The Balaban J connectivity index is 1.33. The predicted molar refractivity (Wildman–Crippen MR) is 186 cm³/mol. The summed E-state index contributed by atoms with van der Waals surface area (Å²) >= 11 is 0. The first kappa shape index (κ1) is 33.3. The standard InChI is InChI=1S/C36H22N2O10S3/c37-38-32-19-18-30-31(36(32)39)14-7-17-35(30)51(44,45)48-27-21-25(46-49(40,41)33-15-5-10-23-8-1-3-12-28(23)33)20-26(22-27)47-50(42,43)34-16-6-11-24-9-2-4-13-29(24)34/h1-22H. The van der Waals surface area contributed by atoms with Gasteiger partial charge in [-0.3, -0.25) is 0 Å². The lowest BCUT2D eigenvalue weighted by molar-refractivity contribution is -0.264. The minimum atomic E-state index is -4.80. The molecule has 7 aromatic rings. The molecule has 7 aromatic carbocycles. The molecule has 12 nitrogen and oxygen atoms in total. The zero-order valence-electron chi connectivity index (χ0n) is 25.9. The maximum Gasteiger partial charge on any atom is 0.378 e. The van der Waals surface area contributed by atoms with Crippen LogP contribution in [0.1, 0.15) is 0 Å². The van der Waals surface area contributed by atoms with Crippen LogP contribution in [0.25, 0.3) is 37.3 Å². The van der Waals surface area contributed by atoms with Crippen molar-refractivity contribution in [3.8, 4) is 23.0 Å². The van der Waals surface area contributed by atoms with E-state index in [1.165, 1.54) is 48.5 Å². The Bertz CT molecular complexity index is 2780. The molecule has 7 rings (SSSR count). The number of benzene rings is 7. The van der Waals surface area contributed by atoms with Crippen molar-refractivity contribution in [1.29, 1.82) is 5.39 Å². The van der Waals surface area contributed by atoms with Crippen molar-refractivity contribution in [1.82, 2.24) is 0 Å². The lowest BCUT2D eigenvalue weighted by atomic mass is 10.1. The van der Waals surface area contributed by atoms with Gasteiger partial charge < -0.3 is 17.7 Å². The second kappa shape index (κ2) is 12.6. The Morgan fingerprint density at radius 1 is 0.451 bits per heavy atom. The molecular formula is C36H22N2O10S3. The smallest absolute Gasteiger partial charge is 0.378 e. The van der Waals surface area contributed by atoms with Gasteiger partial charge in [-0.1, -0.05) is 84.9 Å². The van der Waals surface area contributed by atoms with Gasteiger partial charge in [0.1, 0.15) is 31.9 Å². The predicted octanol–water partition coefficient (Wildman–Crippen LogP) is 7.01. The van der Waals surface area contributed by atoms with E-state index in [9.17, 15) is 30.4 Å². The number of diazo groups is 1. The maximum atomic E-state index is 13.7. The van der Waals surface area contributed by atoms with Gasteiger partial charge in [-0.2, -0.15) is 25.3 Å². The van der Waals surface area contributed by atoms with Gasteiger partial charge in [-0.25, -0.2) is 0 Å². The van der Waals surface area contributed by atoms with Gasteiger partial charge in [-0.15, -0.1) is 0 Å². The highest BCUT2D eigenvalue weighted by Crippen LogP contribution is 2.38. The third kappa shape index (κ3) is 6.34. The van der Waals surface area contributed by atoms with Crippen LogP contribution in [0, 0.1) is 5.39 Å². The normalized spacial score (nSPS) is 12.1. The van der Waals surface area contributed by atoms with E-state index < -0.39 is 58.2 Å². The Morgan fingerprint density at radius 3 is 1.27 bits per heavy atom. The number of fused-ring (bicyclic) bond motifs is 3. The van der Waals surface area contributed by atoms with Gasteiger partial charge in [0.05, 0.1) is 0 Å². The van der Waals surface area contributed by atoms with Crippen LogP contribution in [0.2, 0.25) is 0 Å². The lowest BCUT2D eigenvalue weighted by Crippen LogP contribution is -2.14. The highest BCUT2D eigenvalue weighted by atomic mass is 32.2. The Hall–Kier alpha value is -6.21. The van der Waals surface area contributed by atoms with Gasteiger partial charge in [0, 0.05) is 40.4 Å². The first-order chi connectivity index (χ1) is 24.4. The Labute approximate surface area is 291 Å². The molecule has 0 bridgehead atoms. The second-order valence-electron chi connectivity index (χ2n) is 11.1. The molecule has 0 spiro atoms. The summed E-state index contributed by atoms with van der Waals surface area (Å²) in [5, 5.41) is 23.6. The van der Waals surface area contributed by atoms with Gasteiger partial charge >= 0.3 is 36.0 Å². The van der Waals surface area contributed by atoms with Crippen molar-refractivity contribution in [2.24, 2.45) is 0 Å². The van der Waals surface area contributed by atoms with E-state index in [0.717, 1.165) is 24.3 Å². The van der Waals surface area contributed by atoms with Crippen LogP contribution in [0.15, 0.2) is 148 Å². The fraction of sp³-hybridized carbons (Fsp3) is 0. The molecule has 0 aliphatic heterocycles. The van der Waals surface area contributed by atoms with Crippen molar-refractivity contribution >= 4 is 68.4 Å². The molecule has 51 heavy (non-hydrogen) atoms. The maximum absolute atomic E-state index is 13.7. The summed E-state index contributed by atoms with van der Waals surface area (Å²) < 4.78 is 98.2. The fourth-order valence-corrected chi connectivity index (χ4v) is 9.03. The molecule has 0 heterocycles. The summed E-state index contributed by atoms with van der Waals surface area (Å²) in [5.41, 5.74) is -0.315. The van der Waals surface area contributed by atoms with E-state index in [1.54, 1.807) is 60.7 Å². The minimum absolute atomic E-state index is 0.0594. The summed E-state index contributed by atoms with van der Waals surface area (Å²) in [6, 6.07) is 31.4. The van der Waals surface area contributed by atoms with Gasteiger partial charge in [0.25, 0.3) is 0 Å². The van der Waals surface area contributed by atoms with Crippen molar-refractivity contribution in [2.45, 2.75) is 14.7 Å². The van der Waals surface area contributed by atoms with Crippen molar-refractivity contribution < 1.29 is 42.9 Å². The highest BCUT2D eigenvalue weighted by Gasteiger charge is 2.26. The van der Waals surface area contributed by atoms with Crippen LogP contribution in [0.3, 0.4) is 0 Å². The molecular weight excluding hydrogens is 717 g/mol. The number of hydrogen-bond donors (Lipinski definition) is 0. The third-order valence-corrected chi connectivity index (χ3v) is 11.8. The van der Waals surface area contributed by atoms with Gasteiger partial charge in [-0.05, 0) is 46.2 Å². The quantitative estimate of drug-likeness (QED) is 0.110. The van der Waals surface area contributed by atoms with Crippen molar-refractivity contribution in [2.75, 3.05) is 0 Å². The molecule has 254 valence electrons. The van der Waals surface area contributed by atoms with E-state index in [1.807, 2.05) is 0 Å². The largest absolute Gasteiger partial charge is 0.867 e. The molecule has 0 aliphatic carbocycles. The third-order valence-electron chi connectivity index (χ3n) is 7.84. The van der Waals surface area contributed by atoms with Crippen LogP contribution in [0.4, 0.5) is 5.69 Å². The van der Waals surface area contributed by atoms with Gasteiger partial charge in [0.15, 0.2) is 4.98 Å². The second-order valence-corrected chi connectivity index (χ2v) is 15.6. The summed E-state index contributed by atoms with van der Waals surface area (Å²) in [6.07, 6.45) is 0. The molecule has 0 fully saturated rings. The molecule has 0 saturated carbocycles. The first-order valence-electron chi connectivity index (χ1n) is 14.9. The molecule has 0 amide bonds. The zero-order valence-corrected chi connectivity index (χ0v) is 28.4. The minimum Gasteiger partial charge on any atom is -0.867 e. The number of hydrogen-bond acceptors (Lipinski definition) is 11. The molecule has 0 radical (unpaired) electrons. The summed E-state index contributed by atoms with van der Waals surface area (Å²) in [5.74, 6) is -2.39. The van der Waals surface area contributed by atoms with Crippen LogP contribution in [-0.2, 0) is 30.4 Å². The van der Waals surface area contributed by atoms with Crippen molar-refractivity contribution in [3.05, 3.63) is 138 Å². The monoisotopic (exact) mass is 738 g/mol. The Morgan fingerprint density at radius 2 is 0.824 bits per heavy atom. The molecule has 0 unspecified atom stereocenters. The molecule has 0 aromatic heterocycles. The van der Waals surface area contributed by atoms with E-state index in [0.29, 0.717) is 21.5 Å². The van der Waals surface area contributed by atoms with E-state index >= 15 is 0 Å². The topological polar surface area (TPSA) is 181 Å². The molecule has 0 N–H and O–H groups in total. The van der Waals surface area contributed by atoms with E-state index in [4.69, 9.17) is 17.9 Å². The highest BCUT2D eigenvalue weighted by molar-refractivity contribution is 7.88. The molecule has 0 atom stereocenters. The van der Waals surface area contributed by atoms with Crippen LogP contribution in [-0.4, -0.2) is 25.3 Å². The SMILES string of the molecule is N#[N+]c1ccc2c(S(=O)(=O)Oc3cc(OS(=O)(=O)c4cccc5ccccc45)cc(OS(=O)(=O)c4cccc5ccccc45)c3)cccc2c1[O-]. The summed E-state index contributed by atoms with van der Waals surface area (Å²) in [6.45, 7) is 0. The van der Waals surface area contributed by atoms with E-state index in [2.05, 4.69) is 4.98 Å². The molecule has 0 saturated heterocycles. The van der Waals surface area contributed by atoms with Crippen LogP contribution < -0.4 is 17.7 Å². The number of rotatable bonds is 9. The summed E-state index contributed by atoms with van der Waals surface area (Å²) in [4.78, 5) is 2.05. The lowest BCUT2D eigenvalue weighted by Gasteiger charge is -2.15. The van der Waals surface area contributed by atoms with Gasteiger partial charge in [0.2, 0.25) is 5.39 Å². The molecule has 0 aliphatic rings. The van der Waals surface area contributed by atoms with Crippen molar-refractivity contribution in [3.63, 3.8) is 0 Å². The average Bonchev–Trinajstić information content (AvgIpc) is 3.10. The molecule has 15 heteroatoms. The number of nitrogens with zero attached hydrogens (tertiary/aromatic N) is 2. The zero-order chi connectivity index (χ0) is 36.0. The Kier molecular flexibility index (Phi) is 8.22. The summed E-state index contributed by atoms with van der Waals surface area (Å²) in [7, 11) is -14.0. The van der Waals surface area contributed by atoms with E-state index in [-0.39, 0.29) is 26.3 Å². The average molecular weight is 739 g/mol. The van der Waals surface area contributed by atoms with Crippen LogP contribution in [0.5, 0.6) is 23.0 Å². The van der Waals surface area contributed by atoms with Crippen LogP contribution >= 0.6 is 0 Å².